The summed E-state index contributed by atoms with van der Waals surface area (Å²) in [6.07, 6.45) is 6.41. The monoisotopic (exact) mass is 379 g/mol. The lowest BCUT2D eigenvalue weighted by atomic mass is 9.90. The molecule has 3 aromatic rings. The number of rotatable bonds is 6. The van der Waals surface area contributed by atoms with Crippen LogP contribution in [0.4, 0.5) is 0 Å². The van der Waals surface area contributed by atoms with Crippen molar-refractivity contribution in [2.45, 2.75) is 31.7 Å². The summed E-state index contributed by atoms with van der Waals surface area (Å²) < 4.78 is 1.61. The van der Waals surface area contributed by atoms with E-state index in [0.717, 1.165) is 31.5 Å². The molecule has 4 rings (SSSR count). The van der Waals surface area contributed by atoms with Crippen LogP contribution in [0.15, 0.2) is 42.7 Å². The maximum absolute atomic E-state index is 12.9. The Morgan fingerprint density at radius 2 is 2.14 bits per heavy atom. The fraction of sp³-hybridized carbons (Fsp3) is 0.400. The van der Waals surface area contributed by atoms with Crippen LogP contribution in [0.5, 0.6) is 0 Å². The largest absolute Gasteiger partial charge is 0.337 e. The molecule has 3 heterocycles. The van der Waals surface area contributed by atoms with E-state index in [0.29, 0.717) is 25.3 Å². The number of nitrogens with one attached hydrogen (secondary N) is 1. The predicted octanol–water partition coefficient (Wildman–Crippen LogP) is 1.57. The summed E-state index contributed by atoms with van der Waals surface area (Å²) in [4.78, 5) is 14.7. The Labute approximate surface area is 163 Å². The van der Waals surface area contributed by atoms with Gasteiger partial charge in [-0.15, -0.1) is 5.10 Å². The number of piperidine rings is 1. The minimum absolute atomic E-state index is 0.0721. The maximum atomic E-state index is 12.9. The van der Waals surface area contributed by atoms with Crippen LogP contribution < -0.4 is 5.73 Å². The number of aromatic nitrogens is 5. The average Bonchev–Trinajstić information content (AvgIpc) is 3.38. The molecule has 1 unspecified atom stereocenters. The van der Waals surface area contributed by atoms with Crippen LogP contribution in [0.1, 0.15) is 46.1 Å². The maximum Gasteiger partial charge on any atom is 0.276 e. The van der Waals surface area contributed by atoms with E-state index in [1.165, 1.54) is 11.1 Å². The number of nitrogens with zero attached hydrogens (tertiary/aromatic N) is 5. The quantitative estimate of drug-likeness (QED) is 0.676. The van der Waals surface area contributed by atoms with Crippen LogP contribution in [0.3, 0.4) is 0 Å². The third kappa shape index (κ3) is 3.96. The van der Waals surface area contributed by atoms with Crippen LogP contribution in [0, 0.1) is 0 Å². The Morgan fingerprint density at radius 3 is 2.96 bits per heavy atom. The standard InChI is InChI=1S/C20H25N7O/c21-8-10-27-14-18(23-25-27)20(28)26-9-4-7-16(13-26)19-17(12-22-24-19)11-15-5-2-1-3-6-15/h1-3,5-6,12,14,16H,4,7-11,13,21H2,(H,22,24). The van der Waals surface area contributed by atoms with Gasteiger partial charge in [-0.05, 0) is 24.0 Å². The Bertz CT molecular complexity index is 918. The molecule has 1 fully saturated rings. The molecule has 1 saturated heterocycles. The lowest BCUT2D eigenvalue weighted by Crippen LogP contribution is -2.39. The predicted molar refractivity (Wildman–Crippen MR) is 105 cm³/mol. The smallest absolute Gasteiger partial charge is 0.276 e. The molecule has 1 aromatic carbocycles. The number of benzene rings is 1. The number of H-pyrrole nitrogens is 1. The topological polar surface area (TPSA) is 106 Å². The molecule has 8 nitrogen and oxygen atoms in total. The zero-order valence-corrected chi connectivity index (χ0v) is 15.8. The molecular formula is C20H25N7O. The van der Waals surface area contributed by atoms with E-state index in [-0.39, 0.29) is 11.8 Å². The third-order valence-corrected chi connectivity index (χ3v) is 5.22. The Hall–Kier alpha value is -3.00. The second kappa shape index (κ2) is 8.35. The molecule has 1 aliphatic heterocycles. The lowest BCUT2D eigenvalue weighted by Gasteiger charge is -2.32. The van der Waals surface area contributed by atoms with Crippen LogP contribution in [0.2, 0.25) is 0 Å². The summed E-state index contributed by atoms with van der Waals surface area (Å²) in [6, 6.07) is 10.4. The van der Waals surface area contributed by atoms with Crippen molar-refractivity contribution in [3.05, 3.63) is 65.2 Å². The van der Waals surface area contributed by atoms with Crippen molar-refractivity contribution < 1.29 is 4.79 Å². The van der Waals surface area contributed by atoms with Crippen molar-refractivity contribution in [2.75, 3.05) is 19.6 Å². The molecule has 1 atom stereocenters. The molecule has 3 N–H and O–H groups in total. The molecule has 1 amide bonds. The zero-order chi connectivity index (χ0) is 19.3. The van der Waals surface area contributed by atoms with Gasteiger partial charge in [-0.25, -0.2) is 0 Å². The molecule has 28 heavy (non-hydrogen) atoms. The van der Waals surface area contributed by atoms with Gasteiger partial charge in [0.15, 0.2) is 5.69 Å². The number of nitrogens with two attached hydrogens (primary N) is 1. The van der Waals surface area contributed by atoms with Crippen molar-refractivity contribution >= 4 is 5.91 Å². The third-order valence-electron chi connectivity index (χ3n) is 5.22. The van der Waals surface area contributed by atoms with Crippen LogP contribution in [-0.2, 0) is 13.0 Å². The van der Waals surface area contributed by atoms with Gasteiger partial charge in [0.05, 0.1) is 18.9 Å². The van der Waals surface area contributed by atoms with Crippen LogP contribution >= 0.6 is 0 Å². The molecule has 0 aliphatic carbocycles. The molecule has 2 aromatic heterocycles. The fourth-order valence-electron chi connectivity index (χ4n) is 3.83. The van der Waals surface area contributed by atoms with Gasteiger partial charge in [-0.2, -0.15) is 5.10 Å². The minimum atomic E-state index is -0.0721. The van der Waals surface area contributed by atoms with Crippen LogP contribution in [0.25, 0.3) is 0 Å². The first-order valence-corrected chi connectivity index (χ1v) is 9.70. The molecule has 0 spiro atoms. The lowest BCUT2D eigenvalue weighted by molar-refractivity contribution is 0.0699. The second-order valence-electron chi connectivity index (χ2n) is 7.22. The highest BCUT2D eigenvalue weighted by atomic mass is 16.2. The molecule has 0 radical (unpaired) electrons. The van der Waals surface area contributed by atoms with E-state index >= 15 is 0 Å². The first-order chi connectivity index (χ1) is 13.7. The summed E-state index contributed by atoms with van der Waals surface area (Å²) >= 11 is 0. The van der Waals surface area contributed by atoms with Gasteiger partial charge in [0.2, 0.25) is 0 Å². The summed E-state index contributed by atoms with van der Waals surface area (Å²) in [6.45, 7) is 2.42. The second-order valence-corrected chi connectivity index (χ2v) is 7.22. The van der Waals surface area contributed by atoms with Gasteiger partial charge in [0, 0.05) is 37.7 Å². The highest BCUT2D eigenvalue weighted by Gasteiger charge is 2.29. The molecule has 0 saturated carbocycles. The number of hydrogen-bond donors (Lipinski definition) is 2. The van der Waals surface area contributed by atoms with E-state index in [1.54, 1.807) is 10.9 Å². The number of carbonyl (C=O) groups excluding carboxylic acids is 1. The molecular weight excluding hydrogens is 354 g/mol. The van der Waals surface area contributed by atoms with Gasteiger partial charge in [-0.3, -0.25) is 14.6 Å². The van der Waals surface area contributed by atoms with E-state index in [9.17, 15) is 4.79 Å². The number of amides is 1. The molecule has 0 bridgehead atoms. The van der Waals surface area contributed by atoms with Crippen molar-refractivity contribution in [2.24, 2.45) is 5.73 Å². The number of aromatic amines is 1. The Kier molecular flexibility index (Phi) is 5.48. The number of hydrogen-bond acceptors (Lipinski definition) is 5. The van der Waals surface area contributed by atoms with Crippen molar-refractivity contribution in [1.82, 2.24) is 30.1 Å². The SMILES string of the molecule is NCCn1cc(C(=O)N2CCCC(c3[nH]ncc3Cc3ccccc3)C2)nn1. The van der Waals surface area contributed by atoms with Gasteiger partial charge in [0.1, 0.15) is 0 Å². The van der Waals surface area contributed by atoms with E-state index in [1.807, 2.05) is 29.3 Å². The van der Waals surface area contributed by atoms with Gasteiger partial charge in [-0.1, -0.05) is 35.5 Å². The molecule has 146 valence electrons. The highest BCUT2D eigenvalue weighted by Crippen LogP contribution is 2.29. The van der Waals surface area contributed by atoms with Crippen molar-refractivity contribution in [1.29, 1.82) is 0 Å². The fourth-order valence-corrected chi connectivity index (χ4v) is 3.83. The first-order valence-electron chi connectivity index (χ1n) is 9.70. The van der Waals surface area contributed by atoms with E-state index < -0.39 is 0 Å². The van der Waals surface area contributed by atoms with Gasteiger partial charge < -0.3 is 10.6 Å². The highest BCUT2D eigenvalue weighted by molar-refractivity contribution is 5.92. The normalized spacial score (nSPS) is 17.0. The summed E-state index contributed by atoms with van der Waals surface area (Å²) in [7, 11) is 0. The number of carbonyl (C=O) groups is 1. The van der Waals surface area contributed by atoms with E-state index in [4.69, 9.17) is 5.73 Å². The van der Waals surface area contributed by atoms with Gasteiger partial charge in [0.25, 0.3) is 5.91 Å². The Balaban J connectivity index is 1.47. The summed E-state index contributed by atoms with van der Waals surface area (Å²) in [5.41, 5.74) is 9.50. The molecule has 1 aliphatic rings. The zero-order valence-electron chi connectivity index (χ0n) is 15.8. The van der Waals surface area contributed by atoms with Crippen LogP contribution in [-0.4, -0.2) is 55.6 Å². The number of likely N-dealkylation sites (tertiary alicyclic amines) is 1. The Morgan fingerprint density at radius 1 is 1.29 bits per heavy atom. The minimum Gasteiger partial charge on any atom is -0.337 e. The van der Waals surface area contributed by atoms with Gasteiger partial charge >= 0.3 is 0 Å². The average molecular weight is 379 g/mol. The summed E-state index contributed by atoms with van der Waals surface area (Å²) in [5, 5.41) is 15.5. The van der Waals surface area contributed by atoms with Crippen molar-refractivity contribution in [3.8, 4) is 0 Å². The van der Waals surface area contributed by atoms with E-state index in [2.05, 4.69) is 32.6 Å². The summed E-state index contributed by atoms with van der Waals surface area (Å²) in [5.74, 6) is 0.176. The first kappa shape index (κ1) is 18.4. The van der Waals surface area contributed by atoms with Crippen molar-refractivity contribution in [3.63, 3.8) is 0 Å². The molecule has 8 heteroatoms.